The average Bonchev–Trinajstić information content (AvgIpc) is 2.79. The fourth-order valence-corrected chi connectivity index (χ4v) is 1.47. The van der Waals surface area contributed by atoms with Crippen LogP contribution in [0.3, 0.4) is 0 Å². The highest BCUT2D eigenvalue weighted by molar-refractivity contribution is 6.30. The largest absolute Gasteiger partial charge is 0.325 e. The van der Waals surface area contributed by atoms with Crippen molar-refractivity contribution in [2.75, 3.05) is 5.32 Å². The van der Waals surface area contributed by atoms with Gasteiger partial charge in [0.15, 0.2) is 0 Å². The minimum atomic E-state index is -0.270. The summed E-state index contributed by atoms with van der Waals surface area (Å²) in [6.07, 6.45) is 1.33. The number of hydrogen-bond acceptors (Lipinski definition) is 4. The molecule has 0 saturated heterocycles. The molecule has 0 fully saturated rings. The van der Waals surface area contributed by atoms with Gasteiger partial charge in [-0.2, -0.15) is 5.26 Å². The molecule has 0 radical (unpaired) electrons. The van der Waals surface area contributed by atoms with E-state index in [4.69, 9.17) is 16.9 Å². The number of carbonyl (C=O) groups is 1. The number of hydrogen-bond donors (Lipinski definition) is 1. The number of nitrogens with one attached hydrogen (secondary N) is 1. The van der Waals surface area contributed by atoms with Crippen molar-refractivity contribution in [1.82, 2.24) is 14.8 Å². The van der Waals surface area contributed by atoms with Crippen LogP contribution in [-0.2, 0) is 11.3 Å². The van der Waals surface area contributed by atoms with Gasteiger partial charge in [-0.15, -0.1) is 10.2 Å². The number of benzene rings is 1. The molecule has 0 spiro atoms. The van der Waals surface area contributed by atoms with Crippen LogP contribution < -0.4 is 5.32 Å². The van der Waals surface area contributed by atoms with Crippen molar-refractivity contribution in [1.29, 1.82) is 5.26 Å². The molecule has 0 saturated carbocycles. The van der Waals surface area contributed by atoms with Crippen molar-refractivity contribution in [2.45, 2.75) is 6.54 Å². The molecule has 0 atom stereocenters. The maximum atomic E-state index is 11.7. The fourth-order valence-electron chi connectivity index (χ4n) is 1.35. The molecule has 0 aliphatic carbocycles. The lowest BCUT2D eigenvalue weighted by Crippen LogP contribution is -2.19. The fraction of sp³-hybridized carbons (Fsp3) is 0.0909. The van der Waals surface area contributed by atoms with Gasteiger partial charge in [0.2, 0.25) is 11.7 Å². The Balaban J connectivity index is 2.01. The van der Waals surface area contributed by atoms with E-state index in [1.165, 1.54) is 10.9 Å². The van der Waals surface area contributed by atoms with Crippen molar-refractivity contribution >= 4 is 23.2 Å². The highest BCUT2D eigenvalue weighted by Crippen LogP contribution is 2.13. The van der Waals surface area contributed by atoms with Gasteiger partial charge in [0.05, 0.1) is 0 Å². The van der Waals surface area contributed by atoms with E-state index < -0.39 is 0 Å². The predicted octanol–water partition coefficient (Wildman–Crippen LogP) is 1.44. The first kappa shape index (κ1) is 12.1. The predicted molar refractivity (Wildman–Crippen MR) is 64.8 cm³/mol. The van der Waals surface area contributed by atoms with Crippen LogP contribution >= 0.6 is 11.6 Å². The summed E-state index contributed by atoms with van der Waals surface area (Å²) in [4.78, 5) is 11.7. The summed E-state index contributed by atoms with van der Waals surface area (Å²) in [5.41, 5.74) is 0.635. The number of anilines is 1. The van der Waals surface area contributed by atoms with Gasteiger partial charge in [-0.1, -0.05) is 11.6 Å². The van der Waals surface area contributed by atoms with Crippen LogP contribution in [0.25, 0.3) is 0 Å². The van der Waals surface area contributed by atoms with Crippen LogP contribution in [0.2, 0.25) is 5.02 Å². The minimum absolute atomic E-state index is 0.0154. The standard InChI is InChI=1S/C11H8ClN5O/c12-8-1-3-9(4-2-8)15-11(18)6-17-7-14-16-10(17)5-13/h1-4,7H,6H2,(H,15,18). The van der Waals surface area contributed by atoms with E-state index in [-0.39, 0.29) is 18.3 Å². The zero-order chi connectivity index (χ0) is 13.0. The quantitative estimate of drug-likeness (QED) is 0.906. The van der Waals surface area contributed by atoms with Gasteiger partial charge in [0, 0.05) is 10.7 Å². The Morgan fingerprint density at radius 2 is 2.17 bits per heavy atom. The second-order valence-electron chi connectivity index (χ2n) is 3.45. The number of aromatic nitrogens is 3. The summed E-state index contributed by atoms with van der Waals surface area (Å²) < 4.78 is 1.37. The smallest absolute Gasteiger partial charge is 0.244 e. The molecule has 90 valence electrons. The van der Waals surface area contributed by atoms with Crippen LogP contribution in [0.4, 0.5) is 5.69 Å². The van der Waals surface area contributed by atoms with Gasteiger partial charge in [-0.25, -0.2) is 0 Å². The molecule has 2 aromatic rings. The second kappa shape index (κ2) is 5.29. The summed E-state index contributed by atoms with van der Waals surface area (Å²) >= 11 is 5.73. The first-order valence-electron chi connectivity index (χ1n) is 5.02. The molecule has 1 aromatic heterocycles. The highest BCUT2D eigenvalue weighted by Gasteiger charge is 2.08. The van der Waals surface area contributed by atoms with Crippen molar-refractivity contribution in [3.8, 4) is 6.07 Å². The lowest BCUT2D eigenvalue weighted by Gasteiger charge is -2.05. The Labute approximate surface area is 108 Å². The zero-order valence-electron chi connectivity index (χ0n) is 9.17. The van der Waals surface area contributed by atoms with Gasteiger partial charge < -0.3 is 5.32 Å². The molecule has 2 rings (SSSR count). The van der Waals surface area contributed by atoms with Gasteiger partial charge in [0.25, 0.3) is 0 Å². The summed E-state index contributed by atoms with van der Waals surface area (Å²) in [6.45, 7) is -0.0154. The molecule has 1 heterocycles. The van der Waals surface area contributed by atoms with Gasteiger partial charge in [0.1, 0.15) is 18.9 Å². The SMILES string of the molecule is N#Cc1nncn1CC(=O)Nc1ccc(Cl)cc1. The summed E-state index contributed by atoms with van der Waals surface area (Å²) in [5, 5.41) is 19.1. The summed E-state index contributed by atoms with van der Waals surface area (Å²) in [6, 6.07) is 8.58. The molecule has 0 unspecified atom stereocenters. The van der Waals surface area contributed by atoms with Crippen LogP contribution in [0.15, 0.2) is 30.6 Å². The van der Waals surface area contributed by atoms with Crippen molar-refractivity contribution < 1.29 is 4.79 Å². The van der Waals surface area contributed by atoms with E-state index in [9.17, 15) is 4.79 Å². The Morgan fingerprint density at radius 3 is 2.83 bits per heavy atom. The first-order valence-corrected chi connectivity index (χ1v) is 5.40. The van der Waals surface area contributed by atoms with Crippen LogP contribution in [0.5, 0.6) is 0 Å². The van der Waals surface area contributed by atoms with E-state index in [1.807, 2.05) is 6.07 Å². The topological polar surface area (TPSA) is 83.6 Å². The van der Waals surface area contributed by atoms with Crippen molar-refractivity contribution in [3.63, 3.8) is 0 Å². The molecule has 1 amide bonds. The molecule has 7 heteroatoms. The van der Waals surface area contributed by atoms with Crippen LogP contribution in [0, 0.1) is 11.3 Å². The van der Waals surface area contributed by atoms with E-state index in [1.54, 1.807) is 24.3 Å². The number of carbonyl (C=O) groups excluding carboxylic acids is 1. The third kappa shape index (κ3) is 2.84. The normalized spacial score (nSPS) is 9.78. The molecular weight excluding hydrogens is 254 g/mol. The molecule has 0 bridgehead atoms. The van der Waals surface area contributed by atoms with E-state index in [0.717, 1.165) is 0 Å². The molecule has 6 nitrogen and oxygen atoms in total. The van der Waals surface area contributed by atoms with Gasteiger partial charge in [-0.3, -0.25) is 9.36 Å². The lowest BCUT2D eigenvalue weighted by molar-refractivity contribution is -0.116. The van der Waals surface area contributed by atoms with E-state index in [2.05, 4.69) is 15.5 Å². The van der Waals surface area contributed by atoms with Gasteiger partial charge >= 0.3 is 0 Å². The monoisotopic (exact) mass is 261 g/mol. The zero-order valence-corrected chi connectivity index (χ0v) is 9.92. The number of rotatable bonds is 3. The molecule has 18 heavy (non-hydrogen) atoms. The number of nitrogens with zero attached hydrogens (tertiary/aromatic N) is 4. The maximum absolute atomic E-state index is 11.7. The lowest BCUT2D eigenvalue weighted by atomic mass is 10.3. The van der Waals surface area contributed by atoms with Crippen molar-refractivity contribution in [3.05, 3.63) is 41.4 Å². The Bertz CT molecular complexity index is 599. The second-order valence-corrected chi connectivity index (χ2v) is 3.89. The highest BCUT2D eigenvalue weighted by atomic mass is 35.5. The van der Waals surface area contributed by atoms with Crippen LogP contribution in [0.1, 0.15) is 5.82 Å². The number of amides is 1. The first-order chi connectivity index (χ1) is 8.69. The Morgan fingerprint density at radius 1 is 1.44 bits per heavy atom. The molecule has 1 aromatic carbocycles. The molecular formula is C11H8ClN5O. The Hall–Kier alpha value is -2.39. The van der Waals surface area contributed by atoms with Gasteiger partial charge in [-0.05, 0) is 24.3 Å². The average molecular weight is 262 g/mol. The van der Waals surface area contributed by atoms with E-state index >= 15 is 0 Å². The van der Waals surface area contributed by atoms with Crippen LogP contribution in [-0.4, -0.2) is 20.7 Å². The minimum Gasteiger partial charge on any atom is -0.325 e. The maximum Gasteiger partial charge on any atom is 0.244 e. The molecule has 0 aliphatic heterocycles. The summed E-state index contributed by atoms with van der Waals surface area (Å²) in [5.74, 6) is -0.171. The number of nitriles is 1. The third-order valence-electron chi connectivity index (χ3n) is 2.16. The van der Waals surface area contributed by atoms with E-state index in [0.29, 0.717) is 10.7 Å². The molecule has 0 aliphatic rings. The van der Waals surface area contributed by atoms with Crippen molar-refractivity contribution in [2.24, 2.45) is 0 Å². The summed E-state index contributed by atoms with van der Waals surface area (Å²) in [7, 11) is 0. The third-order valence-corrected chi connectivity index (χ3v) is 2.41. The number of halogens is 1. The Kier molecular flexibility index (Phi) is 3.55. The molecule has 1 N–H and O–H groups in total.